The van der Waals surface area contributed by atoms with Gasteiger partial charge in [-0.15, -0.1) is 0 Å². The molecule has 0 aliphatic heterocycles. The molecule has 2 N–H and O–H groups in total. The molecule has 0 spiro atoms. The van der Waals surface area contributed by atoms with Crippen LogP contribution >= 0.6 is 0 Å². The van der Waals surface area contributed by atoms with Crippen LogP contribution in [-0.4, -0.2) is 46.4 Å². The zero-order chi connectivity index (χ0) is 20.9. The summed E-state index contributed by atoms with van der Waals surface area (Å²) in [6, 6.07) is 12.2. The molecule has 0 unspecified atom stereocenters. The van der Waals surface area contributed by atoms with Crippen molar-refractivity contribution in [3.63, 3.8) is 0 Å². The van der Waals surface area contributed by atoms with Gasteiger partial charge in [0.1, 0.15) is 5.75 Å². The van der Waals surface area contributed by atoms with Gasteiger partial charge in [-0.1, -0.05) is 26.0 Å². The molecule has 0 aliphatic carbocycles. The molecule has 0 saturated carbocycles. The number of anilines is 2. The van der Waals surface area contributed by atoms with E-state index in [9.17, 15) is 13.2 Å². The minimum Gasteiger partial charge on any atom is -0.495 e. The molecule has 2 aromatic rings. The van der Waals surface area contributed by atoms with Gasteiger partial charge >= 0.3 is 0 Å². The van der Waals surface area contributed by atoms with Crippen molar-refractivity contribution in [2.75, 3.05) is 38.4 Å². The summed E-state index contributed by atoms with van der Waals surface area (Å²) < 4.78 is 31.1. The molecule has 1 amide bonds. The molecule has 28 heavy (non-hydrogen) atoms. The van der Waals surface area contributed by atoms with E-state index in [4.69, 9.17) is 4.74 Å². The second-order valence-electron chi connectivity index (χ2n) is 6.83. The van der Waals surface area contributed by atoms with Crippen molar-refractivity contribution in [1.29, 1.82) is 0 Å². The van der Waals surface area contributed by atoms with Gasteiger partial charge in [-0.25, -0.2) is 12.7 Å². The number of nitrogens with one attached hydrogen (secondary N) is 2. The fourth-order valence-corrected chi connectivity index (χ4v) is 3.48. The molecule has 0 bridgehead atoms. The number of sulfonamides is 1. The molecule has 0 heterocycles. The van der Waals surface area contributed by atoms with Gasteiger partial charge in [0.2, 0.25) is 15.9 Å². The van der Waals surface area contributed by atoms with Gasteiger partial charge in [0.05, 0.1) is 24.2 Å². The van der Waals surface area contributed by atoms with Crippen LogP contribution in [-0.2, 0) is 14.8 Å². The van der Waals surface area contributed by atoms with Crippen LogP contribution in [0.2, 0.25) is 0 Å². The van der Waals surface area contributed by atoms with E-state index in [-0.39, 0.29) is 17.3 Å². The van der Waals surface area contributed by atoms with Crippen LogP contribution in [0.4, 0.5) is 11.4 Å². The lowest BCUT2D eigenvalue weighted by Crippen LogP contribution is -2.23. The third-order valence-corrected chi connectivity index (χ3v) is 6.04. The number of ether oxygens (including phenoxy) is 1. The summed E-state index contributed by atoms with van der Waals surface area (Å²) in [5, 5.41) is 5.79. The third kappa shape index (κ3) is 5.24. The zero-order valence-electron chi connectivity index (χ0n) is 16.8. The summed E-state index contributed by atoms with van der Waals surface area (Å²) >= 11 is 0. The predicted molar refractivity (Wildman–Crippen MR) is 112 cm³/mol. The lowest BCUT2D eigenvalue weighted by Gasteiger charge is -2.16. The van der Waals surface area contributed by atoms with Crippen molar-refractivity contribution < 1.29 is 17.9 Å². The molecule has 0 fully saturated rings. The van der Waals surface area contributed by atoms with E-state index in [0.717, 1.165) is 9.87 Å². The fraction of sp³-hybridized carbons (Fsp3) is 0.350. The minimum absolute atomic E-state index is 0.0340. The Balaban J connectivity index is 2.13. The summed E-state index contributed by atoms with van der Waals surface area (Å²) in [5.41, 5.74) is 2.28. The van der Waals surface area contributed by atoms with Gasteiger partial charge in [-0.3, -0.25) is 4.79 Å². The molecular formula is C20H27N3O4S. The van der Waals surface area contributed by atoms with Crippen LogP contribution < -0.4 is 15.4 Å². The van der Waals surface area contributed by atoms with E-state index >= 15 is 0 Å². The molecule has 0 aromatic heterocycles. The third-order valence-electron chi connectivity index (χ3n) is 4.23. The van der Waals surface area contributed by atoms with Crippen LogP contribution in [0.5, 0.6) is 5.75 Å². The van der Waals surface area contributed by atoms with Crippen LogP contribution in [0.3, 0.4) is 0 Å². The van der Waals surface area contributed by atoms with Crippen molar-refractivity contribution >= 4 is 27.3 Å². The SMILES string of the molecule is COc1ccc(S(=O)(=O)N(C)C)cc1NCC(=O)Nc1cccc(C(C)C)c1. The number of hydrogen-bond donors (Lipinski definition) is 2. The Morgan fingerprint density at radius 2 is 1.86 bits per heavy atom. The van der Waals surface area contributed by atoms with Gasteiger partial charge in [0, 0.05) is 19.8 Å². The molecule has 0 atom stereocenters. The quantitative estimate of drug-likeness (QED) is 0.705. The van der Waals surface area contributed by atoms with Crippen LogP contribution in [0.15, 0.2) is 47.4 Å². The van der Waals surface area contributed by atoms with Crippen molar-refractivity contribution in [2.45, 2.75) is 24.7 Å². The molecule has 7 nitrogen and oxygen atoms in total. The first-order valence-corrected chi connectivity index (χ1v) is 10.3. The smallest absolute Gasteiger partial charge is 0.243 e. The summed E-state index contributed by atoms with van der Waals surface area (Å²) in [6.45, 7) is 4.14. The Morgan fingerprint density at radius 1 is 1.14 bits per heavy atom. The Kier molecular flexibility index (Phi) is 7.04. The molecule has 0 radical (unpaired) electrons. The average molecular weight is 406 g/mol. The highest BCUT2D eigenvalue weighted by atomic mass is 32.2. The number of nitrogens with zero attached hydrogens (tertiary/aromatic N) is 1. The van der Waals surface area contributed by atoms with Crippen LogP contribution in [0.25, 0.3) is 0 Å². The molecule has 0 aliphatic rings. The maximum absolute atomic E-state index is 12.3. The first-order valence-electron chi connectivity index (χ1n) is 8.89. The van der Waals surface area contributed by atoms with E-state index in [1.165, 1.54) is 33.3 Å². The number of carbonyl (C=O) groups is 1. The molecule has 8 heteroatoms. The summed E-state index contributed by atoms with van der Waals surface area (Å²) in [4.78, 5) is 12.4. The lowest BCUT2D eigenvalue weighted by atomic mass is 10.0. The maximum Gasteiger partial charge on any atom is 0.243 e. The number of methoxy groups -OCH3 is 1. The van der Waals surface area contributed by atoms with E-state index in [1.807, 2.05) is 24.3 Å². The highest BCUT2D eigenvalue weighted by molar-refractivity contribution is 7.89. The second kappa shape index (κ2) is 9.07. The summed E-state index contributed by atoms with van der Waals surface area (Å²) in [7, 11) is 0.824. The molecule has 2 rings (SSSR count). The van der Waals surface area contributed by atoms with Gasteiger partial charge < -0.3 is 15.4 Å². The summed E-state index contributed by atoms with van der Waals surface area (Å²) in [5.74, 6) is 0.566. The van der Waals surface area contributed by atoms with Gasteiger partial charge in [0.15, 0.2) is 0 Å². The summed E-state index contributed by atoms with van der Waals surface area (Å²) in [6.07, 6.45) is 0. The van der Waals surface area contributed by atoms with Gasteiger partial charge in [-0.05, 0) is 41.8 Å². The van der Waals surface area contributed by atoms with E-state index < -0.39 is 10.0 Å². The first-order chi connectivity index (χ1) is 13.1. The molecule has 0 saturated heterocycles. The zero-order valence-corrected chi connectivity index (χ0v) is 17.6. The maximum atomic E-state index is 12.3. The Bertz CT molecular complexity index is 940. The Morgan fingerprint density at radius 3 is 2.46 bits per heavy atom. The van der Waals surface area contributed by atoms with Crippen molar-refractivity contribution in [2.24, 2.45) is 0 Å². The normalized spacial score (nSPS) is 11.5. The monoisotopic (exact) mass is 405 g/mol. The average Bonchev–Trinajstić information content (AvgIpc) is 2.66. The largest absolute Gasteiger partial charge is 0.495 e. The standard InChI is InChI=1S/C20H27N3O4S/c1-14(2)15-7-6-8-16(11-15)22-20(24)13-21-18-12-17(9-10-19(18)27-5)28(25,26)23(3)4/h6-12,14,21H,13H2,1-5H3,(H,22,24). The molecular weight excluding hydrogens is 378 g/mol. The second-order valence-corrected chi connectivity index (χ2v) is 8.98. The number of carbonyl (C=O) groups excluding carboxylic acids is 1. The van der Waals surface area contributed by atoms with Gasteiger partial charge in [0.25, 0.3) is 0 Å². The first kappa shape index (κ1) is 21.7. The number of amides is 1. The predicted octanol–water partition coefficient (Wildman–Crippen LogP) is 3.12. The van der Waals surface area contributed by atoms with Crippen molar-refractivity contribution in [3.05, 3.63) is 48.0 Å². The Labute approximate surface area is 166 Å². The molecule has 2 aromatic carbocycles. The van der Waals surface area contributed by atoms with E-state index in [1.54, 1.807) is 6.07 Å². The van der Waals surface area contributed by atoms with Gasteiger partial charge in [-0.2, -0.15) is 0 Å². The lowest BCUT2D eigenvalue weighted by molar-refractivity contribution is -0.114. The van der Waals surface area contributed by atoms with Crippen LogP contribution in [0, 0.1) is 0 Å². The number of hydrogen-bond acceptors (Lipinski definition) is 5. The topological polar surface area (TPSA) is 87.7 Å². The van der Waals surface area contributed by atoms with E-state index in [2.05, 4.69) is 24.5 Å². The fourth-order valence-electron chi connectivity index (χ4n) is 2.55. The minimum atomic E-state index is -3.59. The number of rotatable bonds is 8. The highest BCUT2D eigenvalue weighted by Gasteiger charge is 2.19. The van der Waals surface area contributed by atoms with Crippen molar-refractivity contribution in [3.8, 4) is 5.75 Å². The molecule has 152 valence electrons. The van der Waals surface area contributed by atoms with Crippen molar-refractivity contribution in [1.82, 2.24) is 4.31 Å². The Hall–Kier alpha value is -2.58. The van der Waals surface area contributed by atoms with Crippen LogP contribution in [0.1, 0.15) is 25.3 Å². The van der Waals surface area contributed by atoms with E-state index in [0.29, 0.717) is 23.0 Å². The number of benzene rings is 2. The highest BCUT2D eigenvalue weighted by Crippen LogP contribution is 2.28.